The Hall–Kier alpha value is -1.72. The highest BCUT2D eigenvalue weighted by molar-refractivity contribution is 5.94. The van der Waals surface area contributed by atoms with E-state index in [2.05, 4.69) is 5.32 Å². The molecule has 1 aliphatic rings. The van der Waals surface area contributed by atoms with Gasteiger partial charge in [-0.25, -0.2) is 4.79 Å². The fourth-order valence-electron chi connectivity index (χ4n) is 2.33. The van der Waals surface area contributed by atoms with Crippen LogP contribution in [0.15, 0.2) is 18.2 Å². The summed E-state index contributed by atoms with van der Waals surface area (Å²) in [4.78, 5) is 11.1. The molecular formula is C14H16F3NO2. The summed E-state index contributed by atoms with van der Waals surface area (Å²) >= 11 is 0. The van der Waals surface area contributed by atoms with Crippen molar-refractivity contribution < 1.29 is 23.1 Å². The first-order chi connectivity index (χ1) is 9.29. The third kappa shape index (κ3) is 3.05. The van der Waals surface area contributed by atoms with Gasteiger partial charge in [0.05, 0.1) is 11.1 Å². The van der Waals surface area contributed by atoms with Crippen LogP contribution in [0.25, 0.3) is 0 Å². The predicted octanol–water partition coefficient (Wildman–Crippen LogP) is 4.00. The highest BCUT2D eigenvalue weighted by Crippen LogP contribution is 2.34. The number of halogens is 3. The molecule has 0 aromatic heterocycles. The Labute approximate surface area is 114 Å². The van der Waals surface area contributed by atoms with Crippen LogP contribution in [0.2, 0.25) is 0 Å². The van der Waals surface area contributed by atoms with E-state index in [-0.39, 0.29) is 17.3 Å². The van der Waals surface area contributed by atoms with Gasteiger partial charge in [-0.05, 0) is 43.9 Å². The summed E-state index contributed by atoms with van der Waals surface area (Å²) in [5.74, 6) is -0.904. The Kier molecular flexibility index (Phi) is 3.92. The van der Waals surface area contributed by atoms with Gasteiger partial charge in [0.15, 0.2) is 0 Å². The van der Waals surface area contributed by atoms with Crippen LogP contribution in [-0.2, 0) is 6.18 Å². The number of hydrogen-bond acceptors (Lipinski definition) is 2. The van der Waals surface area contributed by atoms with Gasteiger partial charge in [-0.15, -0.1) is 0 Å². The standard InChI is InChI=1S/C14H16F3NO2/c1-8(9-3-2-4-9)18-12-6-5-10(14(15,16)17)7-11(12)13(19)20/h5-9,18H,2-4H2,1H3,(H,19,20). The predicted molar refractivity (Wildman–Crippen MR) is 68.8 cm³/mol. The maximum atomic E-state index is 12.6. The normalized spacial score (nSPS) is 17.4. The summed E-state index contributed by atoms with van der Waals surface area (Å²) < 4.78 is 37.8. The number of carboxylic acids is 1. The van der Waals surface area contributed by atoms with Gasteiger partial charge in [-0.3, -0.25) is 0 Å². The van der Waals surface area contributed by atoms with Gasteiger partial charge in [0.25, 0.3) is 0 Å². The topological polar surface area (TPSA) is 49.3 Å². The van der Waals surface area contributed by atoms with Gasteiger partial charge in [-0.2, -0.15) is 13.2 Å². The number of alkyl halides is 3. The molecule has 2 N–H and O–H groups in total. The quantitative estimate of drug-likeness (QED) is 0.879. The van der Waals surface area contributed by atoms with Crippen LogP contribution in [0, 0.1) is 5.92 Å². The van der Waals surface area contributed by atoms with E-state index in [4.69, 9.17) is 5.11 Å². The monoisotopic (exact) mass is 287 g/mol. The van der Waals surface area contributed by atoms with Crippen LogP contribution in [0.3, 0.4) is 0 Å². The molecule has 0 heterocycles. The molecule has 1 fully saturated rings. The molecule has 3 nitrogen and oxygen atoms in total. The first-order valence-electron chi connectivity index (χ1n) is 6.50. The smallest absolute Gasteiger partial charge is 0.416 e. The number of nitrogens with one attached hydrogen (secondary N) is 1. The fraction of sp³-hybridized carbons (Fsp3) is 0.500. The lowest BCUT2D eigenvalue weighted by atomic mass is 9.80. The number of aromatic carboxylic acids is 1. The van der Waals surface area contributed by atoms with Gasteiger partial charge in [-0.1, -0.05) is 6.42 Å². The highest BCUT2D eigenvalue weighted by atomic mass is 19.4. The average Bonchev–Trinajstić information content (AvgIpc) is 2.24. The van der Waals surface area contributed by atoms with Crippen molar-refractivity contribution in [3.05, 3.63) is 29.3 Å². The van der Waals surface area contributed by atoms with Crippen LogP contribution in [-0.4, -0.2) is 17.1 Å². The van der Waals surface area contributed by atoms with E-state index in [0.717, 1.165) is 25.3 Å². The largest absolute Gasteiger partial charge is 0.478 e. The molecule has 6 heteroatoms. The van der Waals surface area contributed by atoms with Crippen LogP contribution < -0.4 is 5.32 Å². The first-order valence-corrected chi connectivity index (χ1v) is 6.50. The van der Waals surface area contributed by atoms with Gasteiger partial charge in [0.2, 0.25) is 0 Å². The Morgan fingerprint density at radius 2 is 2.05 bits per heavy atom. The SMILES string of the molecule is CC(Nc1ccc(C(F)(F)F)cc1C(=O)O)C1CCC1. The van der Waals surface area contributed by atoms with Crippen molar-refractivity contribution in [3.8, 4) is 0 Å². The molecule has 1 atom stereocenters. The molecule has 1 saturated carbocycles. The molecule has 0 bridgehead atoms. The third-order valence-corrected chi connectivity index (χ3v) is 3.82. The molecule has 1 aromatic rings. The van der Waals surface area contributed by atoms with Gasteiger partial charge in [0.1, 0.15) is 0 Å². The summed E-state index contributed by atoms with van der Waals surface area (Å²) in [5.41, 5.74) is -1.05. The van der Waals surface area contributed by atoms with Gasteiger partial charge < -0.3 is 10.4 Å². The lowest BCUT2D eigenvalue weighted by molar-refractivity contribution is -0.137. The van der Waals surface area contributed by atoms with Crippen LogP contribution in [0.5, 0.6) is 0 Å². The first kappa shape index (κ1) is 14.7. The second-order valence-electron chi connectivity index (χ2n) is 5.19. The summed E-state index contributed by atoms with van der Waals surface area (Å²) in [5, 5.41) is 12.1. The van der Waals surface area contributed by atoms with Gasteiger partial charge >= 0.3 is 12.1 Å². The second-order valence-corrected chi connectivity index (χ2v) is 5.19. The molecule has 0 spiro atoms. The third-order valence-electron chi connectivity index (χ3n) is 3.82. The molecular weight excluding hydrogens is 271 g/mol. The minimum atomic E-state index is -4.54. The van der Waals surface area contributed by atoms with Crippen molar-refractivity contribution >= 4 is 11.7 Å². The maximum absolute atomic E-state index is 12.6. The van der Waals surface area contributed by atoms with Crippen molar-refractivity contribution in [3.63, 3.8) is 0 Å². The number of carbonyl (C=O) groups is 1. The van der Waals surface area contributed by atoms with Crippen LogP contribution >= 0.6 is 0 Å². The molecule has 0 radical (unpaired) electrons. The highest BCUT2D eigenvalue weighted by Gasteiger charge is 2.32. The van der Waals surface area contributed by atoms with Crippen LogP contribution in [0.4, 0.5) is 18.9 Å². The molecule has 20 heavy (non-hydrogen) atoms. The van der Waals surface area contributed by atoms with Crippen molar-refractivity contribution in [2.45, 2.75) is 38.4 Å². The van der Waals surface area contributed by atoms with E-state index in [1.807, 2.05) is 6.92 Å². The van der Waals surface area contributed by atoms with Crippen molar-refractivity contribution in [2.24, 2.45) is 5.92 Å². The molecule has 1 unspecified atom stereocenters. The summed E-state index contributed by atoms with van der Waals surface area (Å²) in [6.45, 7) is 1.92. The maximum Gasteiger partial charge on any atom is 0.416 e. The average molecular weight is 287 g/mol. The number of carboxylic acid groups (broad SMARTS) is 1. The number of benzene rings is 1. The van der Waals surface area contributed by atoms with E-state index in [1.165, 1.54) is 6.07 Å². The Morgan fingerprint density at radius 1 is 1.40 bits per heavy atom. The summed E-state index contributed by atoms with van der Waals surface area (Å²) in [6, 6.07) is 2.83. The Bertz CT molecular complexity index is 510. The van der Waals surface area contributed by atoms with E-state index in [1.54, 1.807) is 0 Å². The molecule has 2 rings (SSSR count). The van der Waals surface area contributed by atoms with E-state index < -0.39 is 17.7 Å². The van der Waals surface area contributed by atoms with Crippen molar-refractivity contribution in [2.75, 3.05) is 5.32 Å². The molecule has 110 valence electrons. The fourth-order valence-corrected chi connectivity index (χ4v) is 2.33. The molecule has 1 aromatic carbocycles. The van der Waals surface area contributed by atoms with Gasteiger partial charge in [0, 0.05) is 11.7 Å². The lowest BCUT2D eigenvalue weighted by Crippen LogP contribution is -2.31. The number of rotatable bonds is 4. The van der Waals surface area contributed by atoms with Crippen LogP contribution in [0.1, 0.15) is 42.1 Å². The Balaban J connectivity index is 2.25. The van der Waals surface area contributed by atoms with E-state index in [0.29, 0.717) is 12.0 Å². The minimum absolute atomic E-state index is 0.0542. The van der Waals surface area contributed by atoms with E-state index in [9.17, 15) is 18.0 Å². The molecule has 0 saturated heterocycles. The summed E-state index contributed by atoms with van der Waals surface area (Å²) in [7, 11) is 0. The second kappa shape index (κ2) is 5.34. The zero-order valence-corrected chi connectivity index (χ0v) is 11.0. The molecule has 1 aliphatic carbocycles. The van der Waals surface area contributed by atoms with E-state index >= 15 is 0 Å². The van der Waals surface area contributed by atoms with Crippen molar-refractivity contribution in [1.29, 1.82) is 0 Å². The molecule has 0 amide bonds. The number of anilines is 1. The molecule has 0 aliphatic heterocycles. The zero-order chi connectivity index (χ0) is 14.9. The van der Waals surface area contributed by atoms with Crippen molar-refractivity contribution in [1.82, 2.24) is 0 Å². The Morgan fingerprint density at radius 3 is 2.50 bits per heavy atom. The lowest BCUT2D eigenvalue weighted by Gasteiger charge is -2.32. The zero-order valence-electron chi connectivity index (χ0n) is 11.0. The number of hydrogen-bond donors (Lipinski definition) is 2. The summed E-state index contributed by atoms with van der Waals surface area (Å²) in [6.07, 6.45) is -1.26. The minimum Gasteiger partial charge on any atom is -0.478 e.